The number of rotatable bonds is 8. The van der Waals surface area contributed by atoms with E-state index in [0.717, 1.165) is 25.7 Å². The molecule has 0 aliphatic rings. The Morgan fingerprint density at radius 3 is 2.38 bits per heavy atom. The zero-order valence-corrected chi connectivity index (χ0v) is 11.4. The van der Waals surface area contributed by atoms with Crippen molar-refractivity contribution >= 4 is 30.8 Å². The van der Waals surface area contributed by atoms with Gasteiger partial charge in [0.2, 0.25) is 0 Å². The van der Waals surface area contributed by atoms with Gasteiger partial charge in [0, 0.05) is 0 Å². The minimum Gasteiger partial charge on any atom is -0.465 e. The molecule has 0 aliphatic heterocycles. The fourth-order valence-electron chi connectivity index (χ4n) is 1.05. The first-order chi connectivity index (χ1) is 6.72. The number of carbonyl (C=O) groups is 1. The molecule has 1 atom stereocenters. The maximum atomic E-state index is 11.2. The molecule has 0 heterocycles. The fourth-order valence-corrected chi connectivity index (χ4v) is 1.05. The number of esters is 1. The lowest BCUT2D eigenvalue weighted by molar-refractivity contribution is -0.145. The third-order valence-electron chi connectivity index (χ3n) is 2.01. The standard InChI is InChI=1S/C10H22N2O2.2ClH/c1-2-3-8-14-10(13)9(12)6-4-5-7-11;;/h9H,2-8,11-12H2,1H3;2*1H. The Hall–Kier alpha value is -0.0300. The molecule has 0 aromatic carbocycles. The average molecular weight is 275 g/mol. The summed E-state index contributed by atoms with van der Waals surface area (Å²) in [6.45, 7) is 3.19. The summed E-state index contributed by atoms with van der Waals surface area (Å²) in [5, 5.41) is 0. The van der Waals surface area contributed by atoms with Gasteiger partial charge in [-0.05, 0) is 25.8 Å². The second kappa shape index (κ2) is 15.0. The van der Waals surface area contributed by atoms with E-state index in [1.54, 1.807) is 0 Å². The van der Waals surface area contributed by atoms with Crippen LogP contribution < -0.4 is 11.5 Å². The molecule has 0 spiro atoms. The molecule has 0 aromatic rings. The highest BCUT2D eigenvalue weighted by Crippen LogP contribution is 2.00. The van der Waals surface area contributed by atoms with Crippen LogP contribution in [0, 0.1) is 0 Å². The third kappa shape index (κ3) is 12.0. The Balaban J connectivity index is -0.000000845. The molecule has 0 bridgehead atoms. The van der Waals surface area contributed by atoms with Crippen LogP contribution in [-0.2, 0) is 9.53 Å². The van der Waals surface area contributed by atoms with Crippen molar-refractivity contribution in [2.75, 3.05) is 13.2 Å². The highest BCUT2D eigenvalue weighted by atomic mass is 35.5. The van der Waals surface area contributed by atoms with Gasteiger partial charge < -0.3 is 16.2 Å². The Labute approximate surface area is 110 Å². The topological polar surface area (TPSA) is 78.3 Å². The van der Waals surface area contributed by atoms with Crippen molar-refractivity contribution in [1.82, 2.24) is 0 Å². The number of halogens is 2. The lowest BCUT2D eigenvalue weighted by Crippen LogP contribution is -2.32. The molecule has 0 amide bonds. The SMILES string of the molecule is CCCCOC(=O)C(N)CCCCN.Cl.Cl. The maximum absolute atomic E-state index is 11.2. The van der Waals surface area contributed by atoms with Gasteiger partial charge in [-0.3, -0.25) is 4.79 Å². The fraction of sp³-hybridized carbons (Fsp3) is 0.900. The predicted molar refractivity (Wildman–Crippen MR) is 71.2 cm³/mol. The normalized spacial score (nSPS) is 10.9. The van der Waals surface area contributed by atoms with E-state index >= 15 is 0 Å². The molecule has 0 radical (unpaired) electrons. The molecule has 0 aromatic heterocycles. The molecule has 0 fully saturated rings. The minimum absolute atomic E-state index is 0. The highest BCUT2D eigenvalue weighted by molar-refractivity contribution is 5.85. The molecule has 6 heteroatoms. The second-order valence-electron chi connectivity index (χ2n) is 3.41. The summed E-state index contributed by atoms with van der Waals surface area (Å²) in [6, 6.07) is -0.474. The smallest absolute Gasteiger partial charge is 0.322 e. The van der Waals surface area contributed by atoms with Crippen LogP contribution in [0.5, 0.6) is 0 Å². The van der Waals surface area contributed by atoms with Crippen molar-refractivity contribution in [2.45, 2.75) is 45.1 Å². The molecule has 0 saturated heterocycles. The van der Waals surface area contributed by atoms with Crippen LogP contribution in [0.2, 0.25) is 0 Å². The van der Waals surface area contributed by atoms with Crippen molar-refractivity contribution in [1.29, 1.82) is 0 Å². The van der Waals surface area contributed by atoms with Crippen LogP contribution in [0.15, 0.2) is 0 Å². The monoisotopic (exact) mass is 274 g/mol. The summed E-state index contributed by atoms with van der Waals surface area (Å²) in [4.78, 5) is 11.2. The molecule has 0 aliphatic carbocycles. The zero-order valence-electron chi connectivity index (χ0n) is 9.81. The van der Waals surface area contributed by atoms with E-state index < -0.39 is 6.04 Å². The summed E-state index contributed by atoms with van der Waals surface area (Å²) >= 11 is 0. The summed E-state index contributed by atoms with van der Waals surface area (Å²) in [7, 11) is 0. The third-order valence-corrected chi connectivity index (χ3v) is 2.01. The quantitative estimate of drug-likeness (QED) is 0.521. The Morgan fingerprint density at radius 2 is 1.88 bits per heavy atom. The van der Waals surface area contributed by atoms with Crippen LogP contribution in [0.4, 0.5) is 0 Å². The van der Waals surface area contributed by atoms with Gasteiger partial charge in [0.05, 0.1) is 6.61 Å². The van der Waals surface area contributed by atoms with Crippen LogP contribution >= 0.6 is 24.8 Å². The molecule has 4 nitrogen and oxygen atoms in total. The number of hydrogen-bond donors (Lipinski definition) is 2. The van der Waals surface area contributed by atoms with Gasteiger partial charge in [0.15, 0.2) is 0 Å². The molecular formula is C10H24Cl2N2O2. The molecule has 4 N–H and O–H groups in total. The first-order valence-corrected chi connectivity index (χ1v) is 5.34. The van der Waals surface area contributed by atoms with Gasteiger partial charge in [-0.15, -0.1) is 24.8 Å². The number of carbonyl (C=O) groups excluding carboxylic acids is 1. The Kier molecular flexibility index (Phi) is 19.9. The largest absolute Gasteiger partial charge is 0.465 e. The van der Waals surface area contributed by atoms with Crippen LogP contribution in [-0.4, -0.2) is 25.2 Å². The Morgan fingerprint density at radius 1 is 1.25 bits per heavy atom. The van der Waals surface area contributed by atoms with E-state index in [1.807, 2.05) is 0 Å². The average Bonchev–Trinajstić information content (AvgIpc) is 2.18. The van der Waals surface area contributed by atoms with Gasteiger partial charge in [-0.25, -0.2) is 0 Å². The van der Waals surface area contributed by atoms with Gasteiger partial charge >= 0.3 is 5.97 Å². The van der Waals surface area contributed by atoms with Crippen molar-refractivity contribution in [3.05, 3.63) is 0 Å². The van der Waals surface area contributed by atoms with Gasteiger partial charge in [-0.1, -0.05) is 19.8 Å². The highest BCUT2D eigenvalue weighted by Gasteiger charge is 2.13. The maximum Gasteiger partial charge on any atom is 0.322 e. The number of hydrogen-bond acceptors (Lipinski definition) is 4. The number of unbranched alkanes of at least 4 members (excludes halogenated alkanes) is 2. The van der Waals surface area contributed by atoms with Gasteiger partial charge in [0.1, 0.15) is 6.04 Å². The summed E-state index contributed by atoms with van der Waals surface area (Å²) in [5.74, 6) is -0.282. The van der Waals surface area contributed by atoms with Crippen LogP contribution in [0.25, 0.3) is 0 Å². The molecule has 0 rings (SSSR count). The molecule has 16 heavy (non-hydrogen) atoms. The number of nitrogens with two attached hydrogens (primary N) is 2. The molecular weight excluding hydrogens is 251 g/mol. The lowest BCUT2D eigenvalue weighted by atomic mass is 10.1. The van der Waals surface area contributed by atoms with E-state index in [-0.39, 0.29) is 30.8 Å². The van der Waals surface area contributed by atoms with E-state index in [9.17, 15) is 4.79 Å². The predicted octanol–water partition coefficient (Wildman–Crippen LogP) is 1.63. The van der Waals surface area contributed by atoms with Crippen LogP contribution in [0.1, 0.15) is 39.0 Å². The summed E-state index contributed by atoms with van der Waals surface area (Å²) < 4.78 is 4.98. The van der Waals surface area contributed by atoms with Crippen molar-refractivity contribution in [3.63, 3.8) is 0 Å². The van der Waals surface area contributed by atoms with E-state index in [1.165, 1.54) is 0 Å². The van der Waals surface area contributed by atoms with Crippen molar-refractivity contribution in [3.8, 4) is 0 Å². The summed E-state index contributed by atoms with van der Waals surface area (Å²) in [5.41, 5.74) is 11.0. The molecule has 0 saturated carbocycles. The molecule has 1 unspecified atom stereocenters. The Bertz CT molecular complexity index is 160. The second-order valence-corrected chi connectivity index (χ2v) is 3.41. The summed E-state index contributed by atoms with van der Waals surface area (Å²) in [6.07, 6.45) is 4.40. The minimum atomic E-state index is -0.474. The first-order valence-electron chi connectivity index (χ1n) is 5.34. The van der Waals surface area contributed by atoms with E-state index in [4.69, 9.17) is 16.2 Å². The van der Waals surface area contributed by atoms with E-state index in [2.05, 4.69) is 6.92 Å². The van der Waals surface area contributed by atoms with Crippen LogP contribution in [0.3, 0.4) is 0 Å². The number of ether oxygens (including phenoxy) is 1. The lowest BCUT2D eigenvalue weighted by Gasteiger charge is -2.10. The molecule has 100 valence electrons. The van der Waals surface area contributed by atoms with Gasteiger partial charge in [0.25, 0.3) is 0 Å². The van der Waals surface area contributed by atoms with Crippen molar-refractivity contribution in [2.24, 2.45) is 11.5 Å². The van der Waals surface area contributed by atoms with Gasteiger partial charge in [-0.2, -0.15) is 0 Å². The first kappa shape index (κ1) is 21.3. The van der Waals surface area contributed by atoms with E-state index in [0.29, 0.717) is 19.6 Å². The van der Waals surface area contributed by atoms with Crippen molar-refractivity contribution < 1.29 is 9.53 Å². The zero-order chi connectivity index (χ0) is 10.8.